The van der Waals surface area contributed by atoms with Crippen LogP contribution in [0.3, 0.4) is 0 Å². The number of likely N-dealkylation sites (tertiary alicyclic amines) is 1. The van der Waals surface area contributed by atoms with Crippen LogP contribution in [0.1, 0.15) is 64.2 Å². The topological polar surface area (TPSA) is 29.3 Å². The van der Waals surface area contributed by atoms with E-state index in [2.05, 4.69) is 4.90 Å². The molecule has 0 atom stereocenters. The summed E-state index contributed by atoms with van der Waals surface area (Å²) in [4.78, 5) is 2.75. The molecule has 2 saturated carbocycles. The number of nitrogens with zero attached hydrogens (tertiary/aromatic N) is 1. The highest BCUT2D eigenvalue weighted by Crippen LogP contribution is 2.39. The third-order valence-electron chi connectivity index (χ3n) is 5.63. The minimum Gasteiger partial charge on any atom is -0.325 e. The smallest absolute Gasteiger partial charge is 0.0297 e. The van der Waals surface area contributed by atoms with Crippen LogP contribution in [-0.2, 0) is 0 Å². The SMILES string of the molecule is NC1CN(C(C2CCCCC2)C2CCCCC2)C1. The van der Waals surface area contributed by atoms with E-state index in [-0.39, 0.29) is 0 Å². The van der Waals surface area contributed by atoms with Crippen molar-refractivity contribution in [2.24, 2.45) is 17.6 Å². The van der Waals surface area contributed by atoms with Crippen molar-refractivity contribution in [1.82, 2.24) is 4.90 Å². The summed E-state index contributed by atoms with van der Waals surface area (Å²) in [7, 11) is 0. The fourth-order valence-electron chi connectivity index (χ4n) is 4.72. The second-order valence-electron chi connectivity index (χ2n) is 7.00. The monoisotopic (exact) mass is 250 g/mol. The van der Waals surface area contributed by atoms with E-state index in [9.17, 15) is 0 Å². The zero-order valence-electron chi connectivity index (χ0n) is 11.8. The molecule has 0 aromatic heterocycles. The van der Waals surface area contributed by atoms with Crippen molar-refractivity contribution in [2.75, 3.05) is 13.1 Å². The van der Waals surface area contributed by atoms with Gasteiger partial charge in [0.05, 0.1) is 0 Å². The molecule has 3 fully saturated rings. The van der Waals surface area contributed by atoms with Crippen LogP contribution in [-0.4, -0.2) is 30.1 Å². The summed E-state index contributed by atoms with van der Waals surface area (Å²) in [5, 5.41) is 0. The van der Waals surface area contributed by atoms with E-state index >= 15 is 0 Å². The Morgan fingerprint density at radius 2 is 1.17 bits per heavy atom. The highest BCUT2D eigenvalue weighted by atomic mass is 15.2. The minimum atomic E-state index is 0.472. The lowest BCUT2D eigenvalue weighted by atomic mass is 9.72. The normalized spacial score (nSPS) is 29.7. The molecule has 2 nitrogen and oxygen atoms in total. The highest BCUT2D eigenvalue weighted by molar-refractivity contribution is 4.95. The first-order chi connectivity index (χ1) is 8.84. The summed E-state index contributed by atoms with van der Waals surface area (Å²) < 4.78 is 0. The van der Waals surface area contributed by atoms with E-state index in [1.807, 2.05) is 0 Å². The highest BCUT2D eigenvalue weighted by Gasteiger charge is 2.39. The molecular weight excluding hydrogens is 220 g/mol. The van der Waals surface area contributed by atoms with Gasteiger partial charge in [0.15, 0.2) is 0 Å². The van der Waals surface area contributed by atoms with Crippen LogP contribution in [0.15, 0.2) is 0 Å². The Balaban J connectivity index is 1.65. The van der Waals surface area contributed by atoms with E-state index in [1.165, 1.54) is 77.3 Å². The van der Waals surface area contributed by atoms with Crippen LogP contribution in [0, 0.1) is 11.8 Å². The third-order valence-corrected chi connectivity index (χ3v) is 5.63. The molecule has 0 spiro atoms. The van der Waals surface area contributed by atoms with Crippen molar-refractivity contribution < 1.29 is 0 Å². The van der Waals surface area contributed by atoms with E-state index in [0.717, 1.165) is 17.9 Å². The summed E-state index contributed by atoms with van der Waals surface area (Å²) in [5.41, 5.74) is 6.02. The molecule has 3 rings (SSSR count). The maximum absolute atomic E-state index is 6.02. The lowest BCUT2D eigenvalue weighted by Gasteiger charge is -2.50. The second-order valence-corrected chi connectivity index (χ2v) is 7.00. The van der Waals surface area contributed by atoms with Gasteiger partial charge >= 0.3 is 0 Å². The Morgan fingerprint density at radius 1 is 0.722 bits per heavy atom. The average molecular weight is 250 g/mol. The van der Waals surface area contributed by atoms with E-state index in [4.69, 9.17) is 5.73 Å². The van der Waals surface area contributed by atoms with Crippen molar-refractivity contribution in [3.8, 4) is 0 Å². The first kappa shape index (κ1) is 12.9. The van der Waals surface area contributed by atoms with Gasteiger partial charge in [-0.25, -0.2) is 0 Å². The van der Waals surface area contributed by atoms with Crippen LogP contribution in [0.4, 0.5) is 0 Å². The Hall–Kier alpha value is -0.0800. The van der Waals surface area contributed by atoms with Crippen molar-refractivity contribution in [3.63, 3.8) is 0 Å². The molecule has 0 amide bonds. The van der Waals surface area contributed by atoms with Gasteiger partial charge in [-0.3, -0.25) is 4.90 Å². The molecule has 0 bridgehead atoms. The van der Waals surface area contributed by atoms with Gasteiger partial charge in [-0.15, -0.1) is 0 Å². The zero-order chi connectivity index (χ0) is 12.4. The summed E-state index contributed by atoms with van der Waals surface area (Å²) in [6.07, 6.45) is 14.9. The first-order valence-electron chi connectivity index (χ1n) is 8.34. The molecule has 1 saturated heterocycles. The number of hydrogen-bond donors (Lipinski definition) is 1. The molecular formula is C16H30N2. The maximum Gasteiger partial charge on any atom is 0.0297 e. The van der Waals surface area contributed by atoms with Gasteiger partial charge in [0.25, 0.3) is 0 Å². The van der Waals surface area contributed by atoms with Gasteiger partial charge in [0.1, 0.15) is 0 Å². The van der Waals surface area contributed by atoms with Crippen molar-refractivity contribution >= 4 is 0 Å². The van der Waals surface area contributed by atoms with Crippen LogP contribution in [0.2, 0.25) is 0 Å². The van der Waals surface area contributed by atoms with E-state index < -0.39 is 0 Å². The van der Waals surface area contributed by atoms with Gasteiger partial charge in [-0.2, -0.15) is 0 Å². The fraction of sp³-hybridized carbons (Fsp3) is 1.00. The molecule has 18 heavy (non-hydrogen) atoms. The standard InChI is InChI=1S/C16H30N2/c17-15-11-18(12-15)16(13-7-3-1-4-8-13)14-9-5-2-6-10-14/h13-16H,1-12,17H2. The lowest BCUT2D eigenvalue weighted by molar-refractivity contribution is 0.00150. The molecule has 0 radical (unpaired) electrons. The quantitative estimate of drug-likeness (QED) is 0.833. The summed E-state index contributed by atoms with van der Waals surface area (Å²) >= 11 is 0. The maximum atomic E-state index is 6.02. The number of rotatable bonds is 3. The molecule has 2 aliphatic carbocycles. The lowest BCUT2D eigenvalue weighted by Crippen LogP contribution is -2.62. The Labute approximate surface area is 112 Å². The predicted molar refractivity (Wildman–Crippen MR) is 76.5 cm³/mol. The molecule has 0 aromatic rings. The summed E-state index contributed by atoms with van der Waals surface area (Å²) in [5.74, 6) is 1.99. The van der Waals surface area contributed by atoms with E-state index in [0.29, 0.717) is 6.04 Å². The van der Waals surface area contributed by atoms with Crippen LogP contribution >= 0.6 is 0 Å². The van der Waals surface area contributed by atoms with Gasteiger partial charge in [0.2, 0.25) is 0 Å². The third kappa shape index (κ3) is 2.75. The van der Waals surface area contributed by atoms with Crippen molar-refractivity contribution in [2.45, 2.75) is 76.3 Å². The Kier molecular flexibility index (Phi) is 4.25. The summed E-state index contributed by atoms with van der Waals surface area (Å²) in [6.45, 7) is 2.36. The molecule has 0 unspecified atom stereocenters. The summed E-state index contributed by atoms with van der Waals surface area (Å²) in [6, 6.07) is 1.37. The van der Waals surface area contributed by atoms with Gasteiger partial charge in [-0.1, -0.05) is 38.5 Å². The molecule has 2 N–H and O–H groups in total. The largest absolute Gasteiger partial charge is 0.325 e. The van der Waals surface area contributed by atoms with E-state index in [1.54, 1.807) is 0 Å². The first-order valence-corrected chi connectivity index (χ1v) is 8.34. The van der Waals surface area contributed by atoms with Crippen molar-refractivity contribution in [1.29, 1.82) is 0 Å². The molecule has 104 valence electrons. The van der Waals surface area contributed by atoms with Crippen LogP contribution in [0.5, 0.6) is 0 Å². The minimum absolute atomic E-state index is 0.472. The molecule has 1 aliphatic heterocycles. The molecule has 2 heteroatoms. The van der Waals surface area contributed by atoms with Crippen LogP contribution < -0.4 is 5.73 Å². The van der Waals surface area contributed by atoms with Crippen molar-refractivity contribution in [3.05, 3.63) is 0 Å². The molecule has 0 aromatic carbocycles. The fourth-order valence-corrected chi connectivity index (χ4v) is 4.72. The Bertz CT molecular complexity index is 230. The Morgan fingerprint density at radius 3 is 1.56 bits per heavy atom. The number of hydrogen-bond acceptors (Lipinski definition) is 2. The molecule has 1 heterocycles. The zero-order valence-corrected chi connectivity index (χ0v) is 11.8. The second kappa shape index (κ2) is 5.92. The van der Waals surface area contributed by atoms with Gasteiger partial charge in [-0.05, 0) is 37.5 Å². The number of nitrogens with two attached hydrogens (primary N) is 1. The molecule has 3 aliphatic rings. The van der Waals surface area contributed by atoms with Gasteiger partial charge < -0.3 is 5.73 Å². The predicted octanol–water partition coefficient (Wildman–Crippen LogP) is 3.16. The average Bonchev–Trinajstić information content (AvgIpc) is 2.40. The van der Waals surface area contributed by atoms with Crippen LogP contribution in [0.25, 0.3) is 0 Å². The van der Waals surface area contributed by atoms with Gasteiger partial charge in [0, 0.05) is 25.2 Å².